The van der Waals surface area contributed by atoms with Gasteiger partial charge in [0.15, 0.2) is 0 Å². The summed E-state index contributed by atoms with van der Waals surface area (Å²) in [6, 6.07) is 0. The molecular weight excluding hydrogens is 170 g/mol. The van der Waals surface area contributed by atoms with Crippen LogP contribution in [0.25, 0.3) is 0 Å². The second-order valence-corrected chi connectivity index (χ2v) is 4.97. The highest BCUT2D eigenvalue weighted by Gasteiger charge is 2.22. The Balaban J connectivity index is 2.72. The lowest BCUT2D eigenvalue weighted by atomic mass is 9.88. The molecule has 0 aromatic rings. The maximum Gasteiger partial charge on any atom is 0.0273 e. The lowest BCUT2D eigenvalue weighted by Gasteiger charge is -2.30. The summed E-state index contributed by atoms with van der Waals surface area (Å²) >= 11 is 0. The van der Waals surface area contributed by atoms with E-state index in [2.05, 4.69) is 50.9 Å². The van der Waals surface area contributed by atoms with Crippen LogP contribution < -0.4 is 0 Å². The van der Waals surface area contributed by atoms with E-state index < -0.39 is 0 Å². The molecule has 80 valence electrons. The molecule has 0 radical (unpaired) electrons. The average molecular weight is 193 g/mol. The third kappa shape index (κ3) is 3.21. The molecule has 0 bridgehead atoms. The Labute approximate surface area is 88.5 Å². The second-order valence-electron chi connectivity index (χ2n) is 4.97. The Bertz CT molecular complexity index is 236. The third-order valence-corrected chi connectivity index (χ3v) is 2.82. The predicted molar refractivity (Wildman–Crippen MR) is 62.9 cm³/mol. The molecule has 0 atom stereocenters. The molecule has 0 aromatic carbocycles. The molecule has 1 aliphatic heterocycles. The van der Waals surface area contributed by atoms with Gasteiger partial charge in [-0.3, -0.25) is 0 Å². The van der Waals surface area contributed by atoms with Crippen LogP contribution in [0.15, 0.2) is 24.0 Å². The molecule has 0 amide bonds. The molecule has 0 saturated carbocycles. The molecule has 1 nitrogen and oxygen atoms in total. The van der Waals surface area contributed by atoms with Gasteiger partial charge in [0.05, 0.1) is 0 Å². The van der Waals surface area contributed by atoms with Crippen molar-refractivity contribution in [1.82, 2.24) is 4.90 Å². The van der Waals surface area contributed by atoms with Crippen LogP contribution in [-0.2, 0) is 0 Å². The Kier molecular flexibility index (Phi) is 3.79. The van der Waals surface area contributed by atoms with Crippen molar-refractivity contribution in [2.24, 2.45) is 5.41 Å². The van der Waals surface area contributed by atoms with E-state index in [0.717, 1.165) is 13.0 Å². The number of hydrogen-bond acceptors (Lipinski definition) is 1. The zero-order chi connectivity index (χ0) is 10.6. The van der Waals surface area contributed by atoms with E-state index in [1.807, 2.05) is 0 Å². The van der Waals surface area contributed by atoms with Crippen molar-refractivity contribution in [3.05, 3.63) is 24.0 Å². The van der Waals surface area contributed by atoms with Crippen LogP contribution in [0.3, 0.4) is 0 Å². The fourth-order valence-corrected chi connectivity index (χ4v) is 1.92. The highest BCUT2D eigenvalue weighted by atomic mass is 15.1. The van der Waals surface area contributed by atoms with Gasteiger partial charge in [0.2, 0.25) is 0 Å². The molecule has 0 aromatic heterocycles. The lowest BCUT2D eigenvalue weighted by molar-refractivity contribution is 0.259. The quantitative estimate of drug-likeness (QED) is 0.642. The molecule has 14 heavy (non-hydrogen) atoms. The van der Waals surface area contributed by atoms with E-state index in [9.17, 15) is 0 Å². The molecule has 0 N–H and O–H groups in total. The third-order valence-electron chi connectivity index (χ3n) is 2.82. The standard InChI is InChI=1S/C13H23N/c1-5-8-12(2)14-10-7-6-9-13(3,4)11-14/h7-8,10H,5-6,9,11H2,1-4H3/b12-8+. The molecular formula is C13H23N. The van der Waals surface area contributed by atoms with Crippen molar-refractivity contribution in [3.8, 4) is 0 Å². The fourth-order valence-electron chi connectivity index (χ4n) is 1.92. The average Bonchev–Trinajstić information content (AvgIpc) is 2.27. The molecule has 0 unspecified atom stereocenters. The first kappa shape index (κ1) is 11.4. The summed E-state index contributed by atoms with van der Waals surface area (Å²) in [5.74, 6) is 0. The lowest BCUT2D eigenvalue weighted by Crippen LogP contribution is -2.28. The fraction of sp³-hybridized carbons (Fsp3) is 0.692. The molecule has 0 saturated heterocycles. The van der Waals surface area contributed by atoms with E-state index in [1.54, 1.807) is 0 Å². The molecule has 1 heteroatoms. The maximum atomic E-state index is 2.39. The highest BCUT2D eigenvalue weighted by Crippen LogP contribution is 2.28. The zero-order valence-corrected chi connectivity index (χ0v) is 10.0. The summed E-state index contributed by atoms with van der Waals surface area (Å²) in [7, 11) is 0. The number of hydrogen-bond donors (Lipinski definition) is 0. The first-order valence-corrected chi connectivity index (χ1v) is 5.65. The topological polar surface area (TPSA) is 3.24 Å². The maximum absolute atomic E-state index is 2.39. The van der Waals surface area contributed by atoms with Crippen LogP contribution in [0.1, 0.15) is 47.0 Å². The SMILES string of the molecule is CC/C=C(\C)N1C=CCCC(C)(C)C1. The molecule has 1 rings (SSSR count). The van der Waals surface area contributed by atoms with E-state index in [-0.39, 0.29) is 0 Å². The predicted octanol–water partition coefficient (Wildman–Crippen LogP) is 3.94. The van der Waals surface area contributed by atoms with Gasteiger partial charge in [-0.1, -0.05) is 32.9 Å². The molecule has 1 heterocycles. The van der Waals surface area contributed by atoms with Crippen molar-refractivity contribution in [1.29, 1.82) is 0 Å². The number of nitrogens with zero attached hydrogens (tertiary/aromatic N) is 1. The van der Waals surface area contributed by atoms with E-state index in [4.69, 9.17) is 0 Å². The summed E-state index contributed by atoms with van der Waals surface area (Å²) < 4.78 is 0. The van der Waals surface area contributed by atoms with Gasteiger partial charge < -0.3 is 4.90 Å². The van der Waals surface area contributed by atoms with Gasteiger partial charge in [-0.05, 0) is 37.8 Å². The van der Waals surface area contributed by atoms with Crippen LogP contribution >= 0.6 is 0 Å². The molecule has 1 aliphatic rings. The summed E-state index contributed by atoms with van der Waals surface area (Å²) in [6.45, 7) is 10.2. The largest absolute Gasteiger partial charge is 0.352 e. The van der Waals surface area contributed by atoms with E-state index >= 15 is 0 Å². The monoisotopic (exact) mass is 193 g/mol. The molecule has 0 spiro atoms. The smallest absolute Gasteiger partial charge is 0.0273 e. The summed E-state index contributed by atoms with van der Waals surface area (Å²) in [6.07, 6.45) is 10.5. The van der Waals surface area contributed by atoms with Gasteiger partial charge in [0.25, 0.3) is 0 Å². The van der Waals surface area contributed by atoms with Crippen molar-refractivity contribution in [2.75, 3.05) is 6.54 Å². The van der Waals surface area contributed by atoms with Crippen LogP contribution in [0.2, 0.25) is 0 Å². The van der Waals surface area contributed by atoms with E-state index in [0.29, 0.717) is 5.41 Å². The van der Waals surface area contributed by atoms with E-state index in [1.165, 1.54) is 18.5 Å². The summed E-state index contributed by atoms with van der Waals surface area (Å²) in [5.41, 5.74) is 1.82. The van der Waals surface area contributed by atoms with Gasteiger partial charge >= 0.3 is 0 Å². The minimum Gasteiger partial charge on any atom is -0.352 e. The molecule has 0 aliphatic carbocycles. The second kappa shape index (κ2) is 4.68. The number of rotatable bonds is 2. The van der Waals surface area contributed by atoms with Crippen LogP contribution in [0, 0.1) is 5.41 Å². The van der Waals surface area contributed by atoms with Crippen LogP contribution in [-0.4, -0.2) is 11.4 Å². The first-order valence-electron chi connectivity index (χ1n) is 5.65. The Hall–Kier alpha value is -0.720. The summed E-state index contributed by atoms with van der Waals surface area (Å²) in [4.78, 5) is 2.39. The Morgan fingerprint density at radius 2 is 2.21 bits per heavy atom. The van der Waals surface area contributed by atoms with Crippen molar-refractivity contribution in [2.45, 2.75) is 47.0 Å². The van der Waals surface area contributed by atoms with Gasteiger partial charge in [-0.25, -0.2) is 0 Å². The first-order chi connectivity index (χ1) is 6.55. The Morgan fingerprint density at radius 1 is 1.50 bits per heavy atom. The molecule has 0 fully saturated rings. The van der Waals surface area contributed by atoms with Crippen molar-refractivity contribution >= 4 is 0 Å². The summed E-state index contributed by atoms with van der Waals surface area (Å²) in [5, 5.41) is 0. The zero-order valence-electron chi connectivity index (χ0n) is 10.0. The van der Waals surface area contributed by atoms with Gasteiger partial charge in [0, 0.05) is 12.2 Å². The van der Waals surface area contributed by atoms with Gasteiger partial charge in [-0.2, -0.15) is 0 Å². The van der Waals surface area contributed by atoms with Crippen molar-refractivity contribution < 1.29 is 0 Å². The minimum atomic E-state index is 0.437. The highest BCUT2D eigenvalue weighted by molar-refractivity contribution is 5.05. The van der Waals surface area contributed by atoms with Crippen LogP contribution in [0.5, 0.6) is 0 Å². The van der Waals surface area contributed by atoms with Gasteiger partial charge in [-0.15, -0.1) is 0 Å². The Morgan fingerprint density at radius 3 is 2.86 bits per heavy atom. The minimum absolute atomic E-state index is 0.437. The normalized spacial score (nSPS) is 22.3. The van der Waals surface area contributed by atoms with Crippen molar-refractivity contribution in [3.63, 3.8) is 0 Å². The number of allylic oxidation sites excluding steroid dienone is 3. The van der Waals surface area contributed by atoms with Gasteiger partial charge in [0.1, 0.15) is 0 Å². The van der Waals surface area contributed by atoms with Crippen LogP contribution in [0.4, 0.5) is 0 Å².